The number of likely N-dealkylation sites (N-methyl/N-ethyl adjacent to an activating group) is 1. The van der Waals surface area contributed by atoms with Gasteiger partial charge in [-0.3, -0.25) is 20.4 Å². The Labute approximate surface area is 169 Å². The number of rotatable bonds is 5. The second-order valence-electron chi connectivity index (χ2n) is 8.33. The highest BCUT2D eigenvalue weighted by atomic mass is 35.5. The minimum absolute atomic E-state index is 0.0254. The van der Waals surface area contributed by atoms with Gasteiger partial charge >= 0.3 is 0 Å². The van der Waals surface area contributed by atoms with Crippen LogP contribution >= 0.6 is 11.6 Å². The SMILES string of the molecule is CN1CNC(C2CC(Cl)C(F)C(C(=O)NNS(=O)(=O)C3CCCC(F)C3)C2)C1. The number of alkyl halides is 3. The molecular weight excluding hydrogens is 414 g/mol. The standard InChI is InChI=1S/C17H29ClF2N4O3S/c1-24-8-15(21-9-24)10-5-13(16(20)14(18)6-10)17(25)22-23-28(26,27)12-4-2-3-11(19)7-12/h10-16,21,23H,2-9H2,1H3,(H,22,25). The van der Waals surface area contributed by atoms with E-state index in [1.807, 2.05) is 11.9 Å². The minimum atomic E-state index is -3.91. The van der Waals surface area contributed by atoms with Crippen LogP contribution < -0.4 is 15.6 Å². The summed E-state index contributed by atoms with van der Waals surface area (Å²) in [6.45, 7) is 1.51. The molecule has 7 nitrogen and oxygen atoms in total. The summed E-state index contributed by atoms with van der Waals surface area (Å²) < 4.78 is 52.8. The molecule has 0 radical (unpaired) electrons. The number of hydrogen-bond donors (Lipinski definition) is 3. The van der Waals surface area contributed by atoms with Crippen LogP contribution in [0.1, 0.15) is 38.5 Å². The highest BCUT2D eigenvalue weighted by Crippen LogP contribution is 2.37. The van der Waals surface area contributed by atoms with E-state index in [1.54, 1.807) is 0 Å². The fourth-order valence-corrected chi connectivity index (χ4v) is 6.28. The van der Waals surface area contributed by atoms with Crippen molar-refractivity contribution in [2.75, 3.05) is 20.3 Å². The molecule has 1 amide bonds. The fourth-order valence-electron chi connectivity index (χ4n) is 4.52. The normalized spacial score (nSPS) is 40.4. The van der Waals surface area contributed by atoms with Crippen molar-refractivity contribution in [2.24, 2.45) is 11.8 Å². The van der Waals surface area contributed by atoms with Crippen LogP contribution in [0.5, 0.6) is 0 Å². The number of carbonyl (C=O) groups is 1. The Kier molecular flexibility index (Phi) is 7.18. The van der Waals surface area contributed by atoms with Gasteiger partial charge in [0.05, 0.1) is 16.5 Å². The van der Waals surface area contributed by atoms with Gasteiger partial charge in [0.25, 0.3) is 0 Å². The van der Waals surface area contributed by atoms with E-state index in [0.29, 0.717) is 32.1 Å². The first kappa shape index (κ1) is 22.1. The lowest BCUT2D eigenvalue weighted by atomic mass is 9.76. The van der Waals surface area contributed by atoms with Crippen molar-refractivity contribution in [3.63, 3.8) is 0 Å². The van der Waals surface area contributed by atoms with Gasteiger partial charge in [0, 0.05) is 19.3 Å². The summed E-state index contributed by atoms with van der Waals surface area (Å²) in [4.78, 5) is 16.7. The number of hydrogen-bond acceptors (Lipinski definition) is 5. The smallest absolute Gasteiger partial charge is 0.241 e. The molecule has 3 fully saturated rings. The van der Waals surface area contributed by atoms with Gasteiger partial charge in [-0.2, -0.15) is 0 Å². The van der Waals surface area contributed by atoms with Gasteiger partial charge in [0.15, 0.2) is 0 Å². The summed E-state index contributed by atoms with van der Waals surface area (Å²) in [6.07, 6.45) is -0.869. The fraction of sp³-hybridized carbons (Fsp3) is 0.941. The maximum Gasteiger partial charge on any atom is 0.241 e. The number of carbonyl (C=O) groups excluding carboxylic acids is 1. The van der Waals surface area contributed by atoms with E-state index in [4.69, 9.17) is 11.6 Å². The number of amides is 1. The molecule has 162 valence electrons. The molecule has 28 heavy (non-hydrogen) atoms. The summed E-state index contributed by atoms with van der Waals surface area (Å²) >= 11 is 6.17. The molecule has 1 aliphatic heterocycles. The molecule has 11 heteroatoms. The average molecular weight is 443 g/mol. The van der Waals surface area contributed by atoms with Gasteiger partial charge in [-0.05, 0) is 51.5 Å². The second-order valence-corrected chi connectivity index (χ2v) is 10.8. The number of nitrogens with zero attached hydrogens (tertiary/aromatic N) is 1. The summed E-state index contributed by atoms with van der Waals surface area (Å²) in [5.74, 6) is -1.74. The van der Waals surface area contributed by atoms with E-state index in [9.17, 15) is 22.0 Å². The van der Waals surface area contributed by atoms with E-state index in [-0.39, 0.29) is 18.4 Å². The van der Waals surface area contributed by atoms with Crippen molar-refractivity contribution in [1.82, 2.24) is 20.5 Å². The molecule has 2 saturated carbocycles. The molecular formula is C17H29ClF2N4O3S. The largest absolute Gasteiger partial charge is 0.300 e. The Balaban J connectivity index is 1.58. The molecule has 3 aliphatic rings. The number of halogens is 3. The average Bonchev–Trinajstić information content (AvgIpc) is 3.08. The highest BCUT2D eigenvalue weighted by molar-refractivity contribution is 7.90. The minimum Gasteiger partial charge on any atom is -0.300 e. The zero-order chi connectivity index (χ0) is 20.5. The third-order valence-corrected chi connectivity index (χ3v) is 8.28. The van der Waals surface area contributed by atoms with Gasteiger partial charge < -0.3 is 0 Å². The molecule has 3 rings (SSSR count). The van der Waals surface area contributed by atoms with Crippen LogP contribution in [0.15, 0.2) is 0 Å². The third-order valence-electron chi connectivity index (χ3n) is 6.17. The van der Waals surface area contributed by atoms with E-state index >= 15 is 0 Å². The Morgan fingerprint density at radius 2 is 1.96 bits per heavy atom. The van der Waals surface area contributed by atoms with Crippen molar-refractivity contribution in [3.05, 3.63) is 0 Å². The van der Waals surface area contributed by atoms with E-state index < -0.39 is 44.8 Å². The molecule has 3 N–H and O–H groups in total. The molecule has 0 aromatic rings. The molecule has 1 saturated heterocycles. The van der Waals surface area contributed by atoms with Crippen LogP contribution in [0.3, 0.4) is 0 Å². The summed E-state index contributed by atoms with van der Waals surface area (Å²) in [6, 6.07) is 0.120. The highest BCUT2D eigenvalue weighted by Gasteiger charge is 2.44. The van der Waals surface area contributed by atoms with Crippen molar-refractivity contribution in [3.8, 4) is 0 Å². The van der Waals surface area contributed by atoms with Crippen molar-refractivity contribution >= 4 is 27.5 Å². The maximum atomic E-state index is 14.6. The Morgan fingerprint density at radius 3 is 2.61 bits per heavy atom. The monoisotopic (exact) mass is 442 g/mol. The molecule has 7 atom stereocenters. The number of hydrazine groups is 1. The first-order valence-corrected chi connectivity index (χ1v) is 11.8. The number of nitrogens with one attached hydrogen (secondary N) is 3. The van der Waals surface area contributed by atoms with Crippen LogP contribution in [-0.2, 0) is 14.8 Å². The lowest BCUT2D eigenvalue weighted by Gasteiger charge is -2.37. The van der Waals surface area contributed by atoms with Crippen LogP contribution in [0, 0.1) is 11.8 Å². The molecule has 0 spiro atoms. The van der Waals surface area contributed by atoms with Crippen molar-refractivity contribution in [1.29, 1.82) is 0 Å². The van der Waals surface area contributed by atoms with Crippen LogP contribution in [-0.4, -0.2) is 68.5 Å². The van der Waals surface area contributed by atoms with Crippen molar-refractivity contribution < 1.29 is 22.0 Å². The van der Waals surface area contributed by atoms with E-state index in [0.717, 1.165) is 13.2 Å². The zero-order valence-electron chi connectivity index (χ0n) is 15.9. The summed E-state index contributed by atoms with van der Waals surface area (Å²) in [5.41, 5.74) is 2.15. The molecule has 0 bridgehead atoms. The lowest BCUT2D eigenvalue weighted by Crippen LogP contribution is -2.53. The van der Waals surface area contributed by atoms with Gasteiger partial charge in [-0.15, -0.1) is 16.4 Å². The Morgan fingerprint density at radius 1 is 1.21 bits per heavy atom. The Hall–Kier alpha value is -0.550. The third kappa shape index (κ3) is 5.13. The second kappa shape index (κ2) is 9.07. The van der Waals surface area contributed by atoms with Crippen LogP contribution in [0.25, 0.3) is 0 Å². The molecule has 7 unspecified atom stereocenters. The zero-order valence-corrected chi connectivity index (χ0v) is 17.5. The van der Waals surface area contributed by atoms with Crippen LogP contribution in [0.2, 0.25) is 0 Å². The predicted molar refractivity (Wildman–Crippen MR) is 103 cm³/mol. The summed E-state index contributed by atoms with van der Waals surface area (Å²) in [5, 5.41) is 1.65. The lowest BCUT2D eigenvalue weighted by molar-refractivity contribution is -0.129. The van der Waals surface area contributed by atoms with E-state index in [2.05, 4.69) is 15.6 Å². The van der Waals surface area contributed by atoms with E-state index in [1.165, 1.54) is 0 Å². The van der Waals surface area contributed by atoms with Crippen LogP contribution in [0.4, 0.5) is 8.78 Å². The Bertz CT molecular complexity index is 671. The molecule has 0 aromatic heterocycles. The quantitative estimate of drug-likeness (QED) is 0.437. The maximum absolute atomic E-state index is 14.6. The first-order chi connectivity index (χ1) is 13.2. The number of sulfonamides is 1. The topological polar surface area (TPSA) is 90.5 Å². The van der Waals surface area contributed by atoms with Gasteiger partial charge in [-0.1, -0.05) is 0 Å². The molecule has 1 heterocycles. The first-order valence-electron chi connectivity index (χ1n) is 9.82. The molecule has 2 aliphatic carbocycles. The van der Waals surface area contributed by atoms with Crippen molar-refractivity contribution in [2.45, 2.75) is 67.5 Å². The van der Waals surface area contributed by atoms with Gasteiger partial charge in [0.2, 0.25) is 15.9 Å². The van der Waals surface area contributed by atoms with Gasteiger partial charge in [0.1, 0.15) is 12.3 Å². The predicted octanol–water partition coefficient (Wildman–Crippen LogP) is 1.05. The summed E-state index contributed by atoms with van der Waals surface area (Å²) in [7, 11) is -1.94. The molecule has 0 aromatic carbocycles. The van der Waals surface area contributed by atoms with Gasteiger partial charge in [-0.25, -0.2) is 17.2 Å².